The SMILES string of the molecule is CC1CCC(N(C2CCC(C(C)(C)C3CC(CCO)C(O)C(CCO)C3)CC2)C2CCC(C(C)(C)C3CC(CCO)C(O)C(CCO)C3)CC2)CC1C. The van der Waals surface area contributed by atoms with E-state index in [-0.39, 0.29) is 60.9 Å². The molecule has 5 saturated carbocycles. The molecule has 6 N–H and O–H groups in total. The van der Waals surface area contributed by atoms with Crippen molar-refractivity contribution in [3.05, 3.63) is 0 Å². The Morgan fingerprint density at radius 3 is 1.04 bits per heavy atom. The molecule has 5 aliphatic carbocycles. The third-order valence-electron chi connectivity index (χ3n) is 17.7. The van der Waals surface area contributed by atoms with Gasteiger partial charge in [-0.3, -0.25) is 4.90 Å². The molecule has 7 unspecified atom stereocenters. The van der Waals surface area contributed by atoms with Crippen LogP contribution in [0.5, 0.6) is 0 Å². The van der Waals surface area contributed by atoms with Gasteiger partial charge in [0.25, 0.3) is 0 Å². The van der Waals surface area contributed by atoms with Crippen LogP contribution >= 0.6 is 0 Å². The second-order valence-electron chi connectivity index (χ2n) is 20.9. The zero-order chi connectivity index (χ0) is 38.5. The molecule has 5 rings (SSSR count). The smallest absolute Gasteiger partial charge is 0.0598 e. The van der Waals surface area contributed by atoms with Gasteiger partial charge in [-0.2, -0.15) is 0 Å². The lowest BCUT2D eigenvalue weighted by Gasteiger charge is -2.54. The van der Waals surface area contributed by atoms with Crippen LogP contribution < -0.4 is 0 Å². The normalized spacial score (nSPS) is 42.2. The Morgan fingerprint density at radius 2 is 0.736 bits per heavy atom. The molecule has 0 amide bonds. The first-order valence-corrected chi connectivity index (χ1v) is 22.8. The van der Waals surface area contributed by atoms with Crippen molar-refractivity contribution in [3.63, 3.8) is 0 Å². The molecule has 0 aliphatic heterocycles. The molecule has 0 aromatic carbocycles. The Bertz CT molecular complexity index is 966. The van der Waals surface area contributed by atoms with Crippen LogP contribution in [0.4, 0.5) is 0 Å². The average Bonchev–Trinajstić information content (AvgIpc) is 3.14. The van der Waals surface area contributed by atoms with E-state index in [1.54, 1.807) is 0 Å². The lowest BCUT2D eigenvalue weighted by Crippen LogP contribution is -2.55. The number of rotatable bonds is 15. The first-order valence-electron chi connectivity index (χ1n) is 22.8. The first kappa shape index (κ1) is 43.8. The van der Waals surface area contributed by atoms with Crippen molar-refractivity contribution < 1.29 is 30.6 Å². The first-order chi connectivity index (χ1) is 25.3. The number of aliphatic hydroxyl groups excluding tert-OH is 6. The Balaban J connectivity index is 1.26. The largest absolute Gasteiger partial charge is 0.396 e. The second kappa shape index (κ2) is 19.4. The number of aliphatic hydroxyl groups is 6. The van der Waals surface area contributed by atoms with Gasteiger partial charge in [-0.05, 0) is 192 Å². The summed E-state index contributed by atoms with van der Waals surface area (Å²) in [7, 11) is 0. The molecule has 0 bridgehead atoms. The van der Waals surface area contributed by atoms with E-state index in [4.69, 9.17) is 0 Å². The lowest BCUT2D eigenvalue weighted by molar-refractivity contribution is -0.0744. The summed E-state index contributed by atoms with van der Waals surface area (Å²) in [4.78, 5) is 3.12. The highest BCUT2D eigenvalue weighted by molar-refractivity contribution is 5.01. The van der Waals surface area contributed by atoms with Crippen LogP contribution in [0, 0.1) is 70.0 Å². The molecule has 7 nitrogen and oxygen atoms in total. The van der Waals surface area contributed by atoms with Gasteiger partial charge >= 0.3 is 0 Å². The van der Waals surface area contributed by atoms with Crippen molar-refractivity contribution in [2.75, 3.05) is 26.4 Å². The Kier molecular flexibility index (Phi) is 16.1. The molecule has 53 heavy (non-hydrogen) atoms. The van der Waals surface area contributed by atoms with Gasteiger partial charge < -0.3 is 30.6 Å². The number of hydrogen-bond donors (Lipinski definition) is 6. The zero-order valence-corrected chi connectivity index (χ0v) is 35.1. The van der Waals surface area contributed by atoms with Gasteiger partial charge in [0.05, 0.1) is 12.2 Å². The van der Waals surface area contributed by atoms with E-state index in [0.29, 0.717) is 67.5 Å². The van der Waals surface area contributed by atoms with Crippen LogP contribution in [-0.4, -0.2) is 92.3 Å². The molecule has 0 spiro atoms. The molecular formula is C46H85NO6. The monoisotopic (exact) mass is 748 g/mol. The molecule has 310 valence electrons. The fourth-order valence-electron chi connectivity index (χ4n) is 13.6. The molecular weight excluding hydrogens is 663 g/mol. The van der Waals surface area contributed by atoms with E-state index in [2.05, 4.69) is 46.4 Å². The fourth-order valence-corrected chi connectivity index (χ4v) is 13.6. The molecule has 0 radical (unpaired) electrons. The van der Waals surface area contributed by atoms with Crippen LogP contribution in [0.25, 0.3) is 0 Å². The standard InChI is InChI=1S/C46H85NO6/c1-30-7-12-42(25-31(30)2)47(40-13-8-36(9-14-40)45(3,4)38-26-32(17-21-48)43(52)33(27-38)18-22-49)41-15-10-37(11-16-41)46(5,6)39-28-34(19-23-50)44(53)35(29-39)20-24-51/h30-44,48-53H,7-29H2,1-6H3. The van der Waals surface area contributed by atoms with Crippen molar-refractivity contribution in [2.24, 2.45) is 70.0 Å². The Morgan fingerprint density at radius 1 is 0.415 bits per heavy atom. The second-order valence-corrected chi connectivity index (χ2v) is 20.9. The predicted octanol–water partition coefficient (Wildman–Crippen LogP) is 7.82. The predicted molar refractivity (Wildman–Crippen MR) is 215 cm³/mol. The van der Waals surface area contributed by atoms with E-state index >= 15 is 0 Å². The van der Waals surface area contributed by atoms with Crippen molar-refractivity contribution in [2.45, 2.75) is 194 Å². The van der Waals surface area contributed by atoms with Gasteiger partial charge in [-0.25, -0.2) is 0 Å². The fraction of sp³-hybridized carbons (Fsp3) is 1.00. The van der Waals surface area contributed by atoms with E-state index in [1.807, 2.05) is 0 Å². The minimum atomic E-state index is -0.408. The maximum atomic E-state index is 11.1. The summed E-state index contributed by atoms with van der Waals surface area (Å²) in [6.45, 7) is 15.5. The van der Waals surface area contributed by atoms with Crippen LogP contribution in [0.1, 0.15) is 164 Å². The minimum absolute atomic E-state index is 0.126. The molecule has 0 saturated heterocycles. The van der Waals surface area contributed by atoms with E-state index in [0.717, 1.165) is 37.5 Å². The van der Waals surface area contributed by atoms with Gasteiger partial charge in [0.2, 0.25) is 0 Å². The summed E-state index contributed by atoms with van der Waals surface area (Å²) < 4.78 is 0. The third-order valence-corrected chi connectivity index (χ3v) is 17.7. The van der Waals surface area contributed by atoms with Crippen molar-refractivity contribution in [1.82, 2.24) is 4.90 Å². The molecule has 0 heterocycles. The van der Waals surface area contributed by atoms with Crippen LogP contribution in [0.15, 0.2) is 0 Å². The summed E-state index contributed by atoms with van der Waals surface area (Å²) in [5, 5.41) is 61.4. The number of nitrogens with zero attached hydrogens (tertiary/aromatic N) is 1. The van der Waals surface area contributed by atoms with Gasteiger partial charge in [0.1, 0.15) is 0 Å². The number of hydrogen-bond acceptors (Lipinski definition) is 7. The summed E-state index contributed by atoms with van der Waals surface area (Å²) in [5.41, 5.74) is 0.356. The van der Waals surface area contributed by atoms with Crippen LogP contribution in [0.3, 0.4) is 0 Å². The quantitative estimate of drug-likeness (QED) is 0.101. The minimum Gasteiger partial charge on any atom is -0.396 e. The van der Waals surface area contributed by atoms with Gasteiger partial charge in [-0.15, -0.1) is 0 Å². The zero-order valence-electron chi connectivity index (χ0n) is 35.1. The topological polar surface area (TPSA) is 125 Å². The molecule has 7 atom stereocenters. The molecule has 5 aliphatic rings. The summed E-state index contributed by atoms with van der Waals surface area (Å²) in [6.07, 6.45) is 20.1. The van der Waals surface area contributed by atoms with Gasteiger partial charge in [-0.1, -0.05) is 41.5 Å². The summed E-state index contributed by atoms with van der Waals surface area (Å²) in [6, 6.07) is 2.03. The van der Waals surface area contributed by atoms with Crippen molar-refractivity contribution in [3.8, 4) is 0 Å². The highest BCUT2D eigenvalue weighted by atomic mass is 16.3. The third kappa shape index (κ3) is 10.1. The molecule has 0 aromatic rings. The summed E-state index contributed by atoms with van der Waals surface area (Å²) >= 11 is 0. The molecule has 5 fully saturated rings. The Labute approximate surface area is 325 Å². The maximum absolute atomic E-state index is 11.1. The van der Waals surface area contributed by atoms with Crippen LogP contribution in [-0.2, 0) is 0 Å². The average molecular weight is 748 g/mol. The van der Waals surface area contributed by atoms with Crippen molar-refractivity contribution >= 4 is 0 Å². The lowest BCUT2D eigenvalue weighted by atomic mass is 9.56. The van der Waals surface area contributed by atoms with Crippen LogP contribution in [0.2, 0.25) is 0 Å². The summed E-state index contributed by atoms with van der Waals surface area (Å²) in [5.74, 6) is 4.49. The van der Waals surface area contributed by atoms with E-state index in [1.165, 1.54) is 70.6 Å². The highest BCUT2D eigenvalue weighted by Gasteiger charge is 2.49. The maximum Gasteiger partial charge on any atom is 0.0598 e. The molecule has 0 aromatic heterocycles. The van der Waals surface area contributed by atoms with Crippen molar-refractivity contribution in [1.29, 1.82) is 0 Å². The van der Waals surface area contributed by atoms with E-state index < -0.39 is 12.2 Å². The van der Waals surface area contributed by atoms with Gasteiger partial charge in [0, 0.05) is 44.6 Å². The van der Waals surface area contributed by atoms with E-state index in [9.17, 15) is 30.6 Å². The molecule has 7 heteroatoms. The highest BCUT2D eigenvalue weighted by Crippen LogP contribution is 2.55. The Hall–Kier alpha value is -0.280. The van der Waals surface area contributed by atoms with Gasteiger partial charge in [0.15, 0.2) is 0 Å².